The van der Waals surface area contributed by atoms with Crippen LogP contribution in [0.4, 0.5) is 0 Å². The van der Waals surface area contributed by atoms with Crippen LogP contribution >= 0.6 is 0 Å². The van der Waals surface area contributed by atoms with Gasteiger partial charge in [0.15, 0.2) is 0 Å². The van der Waals surface area contributed by atoms with E-state index in [1.54, 1.807) is 0 Å². The van der Waals surface area contributed by atoms with Gasteiger partial charge in [0.05, 0.1) is 0 Å². The van der Waals surface area contributed by atoms with E-state index in [0.717, 1.165) is 23.5 Å². The Hall–Kier alpha value is -1.61. The van der Waals surface area contributed by atoms with E-state index in [2.05, 4.69) is 9.97 Å². The minimum atomic E-state index is 0.161. The van der Waals surface area contributed by atoms with E-state index < -0.39 is 0 Å². The number of hydrogen-bond donors (Lipinski definition) is 2. The number of aromatic nitrogens is 2. The van der Waals surface area contributed by atoms with Crippen LogP contribution in [0.15, 0.2) is 36.5 Å². The van der Waals surface area contributed by atoms with E-state index in [4.69, 9.17) is 5.73 Å². The van der Waals surface area contributed by atoms with Gasteiger partial charge in [-0.2, -0.15) is 0 Å². The summed E-state index contributed by atoms with van der Waals surface area (Å²) in [5.41, 5.74) is 7.92. The van der Waals surface area contributed by atoms with Gasteiger partial charge in [-0.3, -0.25) is 0 Å². The topological polar surface area (TPSA) is 54.7 Å². The third-order valence-corrected chi connectivity index (χ3v) is 2.22. The molecule has 0 aliphatic carbocycles. The van der Waals surface area contributed by atoms with Gasteiger partial charge in [-0.05, 0) is 6.92 Å². The smallest absolute Gasteiger partial charge is 0.137 e. The monoisotopic (exact) mass is 201 g/mol. The zero-order valence-electron chi connectivity index (χ0n) is 8.77. The molecule has 0 saturated carbocycles. The summed E-state index contributed by atoms with van der Waals surface area (Å²) in [5, 5.41) is 0. The Balaban J connectivity index is 2.21. The van der Waals surface area contributed by atoms with Crippen LogP contribution in [0.1, 0.15) is 12.6 Å². The molecule has 0 spiro atoms. The molecule has 2 aromatic rings. The Morgan fingerprint density at radius 2 is 2.07 bits per heavy atom. The minimum Gasteiger partial charge on any atom is -0.342 e. The van der Waals surface area contributed by atoms with Crippen molar-refractivity contribution in [3.63, 3.8) is 0 Å². The molecule has 0 aliphatic rings. The number of hydrogen-bond acceptors (Lipinski definition) is 2. The Bertz CT molecular complexity index is 417. The predicted octanol–water partition coefficient (Wildman–Crippen LogP) is 1.97. The summed E-state index contributed by atoms with van der Waals surface area (Å²) in [6, 6.07) is 10.2. The van der Waals surface area contributed by atoms with Crippen LogP contribution in [0.25, 0.3) is 11.4 Å². The summed E-state index contributed by atoms with van der Waals surface area (Å²) in [7, 11) is 0. The molecule has 0 saturated heterocycles. The van der Waals surface area contributed by atoms with Crippen molar-refractivity contribution in [1.82, 2.24) is 9.97 Å². The zero-order valence-corrected chi connectivity index (χ0v) is 8.77. The lowest BCUT2D eigenvalue weighted by atomic mass is 10.2. The van der Waals surface area contributed by atoms with Crippen LogP contribution < -0.4 is 5.73 Å². The normalized spacial score (nSPS) is 12.7. The molecule has 1 aromatic carbocycles. The number of nitrogens with one attached hydrogen (secondary N) is 1. The molecule has 0 fully saturated rings. The molecule has 15 heavy (non-hydrogen) atoms. The fourth-order valence-electron chi connectivity index (χ4n) is 1.55. The maximum atomic E-state index is 5.72. The lowest BCUT2D eigenvalue weighted by Gasteiger charge is -2.00. The molecule has 3 nitrogen and oxygen atoms in total. The van der Waals surface area contributed by atoms with Crippen LogP contribution in [-0.2, 0) is 6.42 Å². The van der Waals surface area contributed by atoms with Gasteiger partial charge in [-0.15, -0.1) is 0 Å². The van der Waals surface area contributed by atoms with Crippen LogP contribution in [0.3, 0.4) is 0 Å². The first-order chi connectivity index (χ1) is 7.25. The standard InChI is InChI=1S/C12H15N3/c1-9(13)7-11-8-14-12(15-11)10-5-3-2-4-6-10/h2-6,8-9H,7,13H2,1H3,(H,14,15). The van der Waals surface area contributed by atoms with Gasteiger partial charge < -0.3 is 10.7 Å². The van der Waals surface area contributed by atoms with E-state index in [-0.39, 0.29) is 6.04 Å². The summed E-state index contributed by atoms with van der Waals surface area (Å²) in [5.74, 6) is 0.909. The third kappa shape index (κ3) is 2.44. The average Bonchev–Trinajstić information content (AvgIpc) is 2.67. The summed E-state index contributed by atoms with van der Waals surface area (Å²) < 4.78 is 0. The van der Waals surface area contributed by atoms with Crippen molar-refractivity contribution in [2.75, 3.05) is 0 Å². The number of H-pyrrole nitrogens is 1. The second kappa shape index (κ2) is 4.28. The molecule has 0 amide bonds. The summed E-state index contributed by atoms with van der Waals surface area (Å²) in [6.07, 6.45) is 2.69. The van der Waals surface area contributed by atoms with Crippen molar-refractivity contribution >= 4 is 0 Å². The molecule has 1 heterocycles. The number of imidazole rings is 1. The average molecular weight is 201 g/mol. The molecule has 1 aromatic heterocycles. The summed E-state index contributed by atoms with van der Waals surface area (Å²) in [4.78, 5) is 7.60. The number of nitrogens with two attached hydrogens (primary N) is 1. The van der Waals surface area contributed by atoms with Crippen molar-refractivity contribution in [2.45, 2.75) is 19.4 Å². The van der Waals surface area contributed by atoms with E-state index >= 15 is 0 Å². The van der Waals surface area contributed by atoms with Crippen molar-refractivity contribution < 1.29 is 0 Å². The first-order valence-corrected chi connectivity index (χ1v) is 5.10. The molecule has 1 atom stereocenters. The summed E-state index contributed by atoms with van der Waals surface area (Å²) in [6.45, 7) is 1.99. The largest absolute Gasteiger partial charge is 0.342 e. The van der Waals surface area contributed by atoms with Gasteiger partial charge in [0.1, 0.15) is 5.82 Å². The van der Waals surface area contributed by atoms with Crippen LogP contribution in [0, 0.1) is 0 Å². The lowest BCUT2D eigenvalue weighted by Crippen LogP contribution is -2.17. The van der Waals surface area contributed by atoms with Crippen molar-refractivity contribution in [3.05, 3.63) is 42.2 Å². The second-order valence-corrected chi connectivity index (χ2v) is 3.80. The zero-order chi connectivity index (χ0) is 10.7. The molecular formula is C12H15N3. The van der Waals surface area contributed by atoms with Crippen LogP contribution in [-0.4, -0.2) is 16.0 Å². The van der Waals surface area contributed by atoms with Crippen LogP contribution in [0.2, 0.25) is 0 Å². The second-order valence-electron chi connectivity index (χ2n) is 3.80. The van der Waals surface area contributed by atoms with Crippen molar-refractivity contribution in [1.29, 1.82) is 0 Å². The van der Waals surface area contributed by atoms with E-state index in [1.165, 1.54) is 0 Å². The maximum absolute atomic E-state index is 5.72. The fraction of sp³-hybridized carbons (Fsp3) is 0.250. The van der Waals surface area contributed by atoms with Crippen molar-refractivity contribution in [2.24, 2.45) is 5.73 Å². The molecule has 0 bridgehead atoms. The maximum Gasteiger partial charge on any atom is 0.137 e. The fourth-order valence-corrected chi connectivity index (χ4v) is 1.55. The van der Waals surface area contributed by atoms with Crippen molar-refractivity contribution in [3.8, 4) is 11.4 Å². The Morgan fingerprint density at radius 3 is 2.73 bits per heavy atom. The number of benzene rings is 1. The first kappa shape index (κ1) is 9.93. The number of nitrogens with zero attached hydrogens (tertiary/aromatic N) is 1. The lowest BCUT2D eigenvalue weighted by molar-refractivity contribution is 0.726. The number of rotatable bonds is 3. The Labute approximate surface area is 89.4 Å². The Kier molecular flexibility index (Phi) is 2.83. The minimum absolute atomic E-state index is 0.161. The van der Waals surface area contributed by atoms with Gasteiger partial charge in [0.2, 0.25) is 0 Å². The molecular weight excluding hydrogens is 186 g/mol. The van der Waals surface area contributed by atoms with Gasteiger partial charge in [-0.25, -0.2) is 4.98 Å². The van der Waals surface area contributed by atoms with Crippen LogP contribution in [0.5, 0.6) is 0 Å². The molecule has 0 radical (unpaired) electrons. The highest BCUT2D eigenvalue weighted by molar-refractivity contribution is 5.54. The van der Waals surface area contributed by atoms with Gasteiger partial charge >= 0.3 is 0 Å². The molecule has 0 aliphatic heterocycles. The highest BCUT2D eigenvalue weighted by Crippen LogP contribution is 2.14. The van der Waals surface area contributed by atoms with Gasteiger partial charge in [0.25, 0.3) is 0 Å². The first-order valence-electron chi connectivity index (χ1n) is 5.10. The molecule has 3 heteroatoms. The van der Waals surface area contributed by atoms with E-state index in [0.29, 0.717) is 0 Å². The number of aromatic amines is 1. The Morgan fingerprint density at radius 1 is 1.33 bits per heavy atom. The molecule has 3 N–H and O–H groups in total. The highest BCUT2D eigenvalue weighted by Gasteiger charge is 2.04. The molecule has 1 unspecified atom stereocenters. The predicted molar refractivity (Wildman–Crippen MR) is 61.4 cm³/mol. The van der Waals surface area contributed by atoms with E-state index in [9.17, 15) is 0 Å². The molecule has 78 valence electrons. The molecule has 2 rings (SSSR count). The summed E-state index contributed by atoms with van der Waals surface area (Å²) >= 11 is 0. The SMILES string of the molecule is CC(N)Cc1cnc(-c2ccccc2)[nH]1. The third-order valence-electron chi connectivity index (χ3n) is 2.22. The quantitative estimate of drug-likeness (QED) is 0.797. The van der Waals surface area contributed by atoms with Gasteiger partial charge in [-0.1, -0.05) is 30.3 Å². The van der Waals surface area contributed by atoms with Gasteiger partial charge in [0, 0.05) is 29.9 Å². The van der Waals surface area contributed by atoms with E-state index in [1.807, 2.05) is 43.5 Å². The highest BCUT2D eigenvalue weighted by atomic mass is 14.9.